The number of nitrogens with one attached hydrogen (secondary N) is 1. The van der Waals surface area contributed by atoms with Crippen LogP contribution in [0.1, 0.15) is 29.3 Å². The molecular weight excluding hydrogens is 232 g/mol. The molecule has 0 unspecified atom stereocenters. The Morgan fingerprint density at radius 1 is 1.00 bits per heavy atom. The van der Waals surface area contributed by atoms with Crippen LogP contribution in [0.15, 0.2) is 30.3 Å². The fourth-order valence-electron chi connectivity index (χ4n) is 2.10. The van der Waals surface area contributed by atoms with Crippen molar-refractivity contribution in [2.24, 2.45) is 0 Å². The van der Waals surface area contributed by atoms with Crippen molar-refractivity contribution >= 4 is 0 Å². The quantitative estimate of drug-likeness (QED) is 0.898. The lowest BCUT2D eigenvalue weighted by atomic mass is 10.0. The maximum Gasteiger partial charge on any atom is 0.0705 e. The molecule has 1 aromatic carbocycles. The van der Waals surface area contributed by atoms with Crippen LogP contribution in [0.3, 0.4) is 0 Å². The third kappa shape index (κ3) is 3.21. The minimum Gasteiger partial charge on any atom is -0.313 e. The van der Waals surface area contributed by atoms with E-state index in [9.17, 15) is 0 Å². The third-order valence-electron chi connectivity index (χ3n) is 3.56. The summed E-state index contributed by atoms with van der Waals surface area (Å²) < 4.78 is 0. The molecule has 0 amide bonds. The van der Waals surface area contributed by atoms with Crippen LogP contribution in [0.5, 0.6) is 0 Å². The molecule has 0 aliphatic heterocycles. The Morgan fingerprint density at radius 3 is 2.42 bits per heavy atom. The summed E-state index contributed by atoms with van der Waals surface area (Å²) in [5.41, 5.74) is 7.27. The first-order chi connectivity index (χ1) is 9.11. The van der Waals surface area contributed by atoms with Crippen molar-refractivity contribution in [2.75, 3.05) is 6.54 Å². The molecule has 1 N–H and O–H groups in total. The summed E-state index contributed by atoms with van der Waals surface area (Å²) in [6.07, 6.45) is 0. The molecule has 1 aromatic heterocycles. The molecule has 1 heterocycles. The lowest BCUT2D eigenvalue weighted by Gasteiger charge is -2.09. The Balaban J connectivity index is 2.30. The summed E-state index contributed by atoms with van der Waals surface area (Å²) in [7, 11) is 0. The van der Waals surface area contributed by atoms with E-state index in [0.29, 0.717) is 0 Å². The van der Waals surface area contributed by atoms with Gasteiger partial charge >= 0.3 is 0 Å². The van der Waals surface area contributed by atoms with E-state index in [0.717, 1.165) is 24.5 Å². The SMILES string of the molecule is CCNCc1ccc(-c2ccc(C)c(C)c2)nc1C. The lowest BCUT2D eigenvalue weighted by Crippen LogP contribution is -2.13. The van der Waals surface area contributed by atoms with Crippen molar-refractivity contribution in [3.8, 4) is 11.3 Å². The average molecular weight is 254 g/mol. The highest BCUT2D eigenvalue weighted by molar-refractivity contribution is 5.61. The van der Waals surface area contributed by atoms with Crippen LogP contribution in [0.4, 0.5) is 0 Å². The molecule has 2 rings (SSSR count). The van der Waals surface area contributed by atoms with E-state index >= 15 is 0 Å². The second-order valence-corrected chi connectivity index (χ2v) is 5.02. The molecule has 2 aromatic rings. The highest BCUT2D eigenvalue weighted by atomic mass is 14.8. The van der Waals surface area contributed by atoms with E-state index < -0.39 is 0 Å². The van der Waals surface area contributed by atoms with E-state index in [4.69, 9.17) is 4.98 Å². The number of hydrogen-bond donors (Lipinski definition) is 1. The molecule has 0 fully saturated rings. The van der Waals surface area contributed by atoms with Gasteiger partial charge < -0.3 is 5.32 Å². The van der Waals surface area contributed by atoms with Gasteiger partial charge in [0.2, 0.25) is 0 Å². The van der Waals surface area contributed by atoms with Gasteiger partial charge in [-0.2, -0.15) is 0 Å². The van der Waals surface area contributed by atoms with Gasteiger partial charge in [-0.05, 0) is 56.1 Å². The standard InChI is InChI=1S/C17H22N2/c1-5-18-11-16-8-9-17(19-14(16)4)15-7-6-12(2)13(3)10-15/h6-10,18H,5,11H2,1-4H3. The Labute approximate surface area is 115 Å². The van der Waals surface area contributed by atoms with Crippen molar-refractivity contribution in [3.63, 3.8) is 0 Å². The lowest BCUT2D eigenvalue weighted by molar-refractivity contribution is 0.720. The minimum atomic E-state index is 0.891. The normalized spacial score (nSPS) is 10.7. The molecule has 19 heavy (non-hydrogen) atoms. The van der Waals surface area contributed by atoms with Gasteiger partial charge in [0.1, 0.15) is 0 Å². The number of benzene rings is 1. The maximum atomic E-state index is 4.73. The van der Waals surface area contributed by atoms with Crippen LogP contribution in [0.2, 0.25) is 0 Å². The zero-order valence-electron chi connectivity index (χ0n) is 12.2. The van der Waals surface area contributed by atoms with Crippen molar-refractivity contribution in [3.05, 3.63) is 52.7 Å². The second-order valence-electron chi connectivity index (χ2n) is 5.02. The molecule has 100 valence electrons. The monoisotopic (exact) mass is 254 g/mol. The third-order valence-corrected chi connectivity index (χ3v) is 3.56. The van der Waals surface area contributed by atoms with Crippen LogP contribution in [0.25, 0.3) is 11.3 Å². The number of aromatic nitrogens is 1. The Kier molecular flexibility index (Phi) is 4.33. The predicted molar refractivity (Wildman–Crippen MR) is 81.3 cm³/mol. The van der Waals surface area contributed by atoms with Crippen LogP contribution in [-0.4, -0.2) is 11.5 Å². The number of aryl methyl sites for hydroxylation is 3. The minimum absolute atomic E-state index is 0.891. The number of hydrogen-bond acceptors (Lipinski definition) is 2. The summed E-state index contributed by atoms with van der Waals surface area (Å²) in [5.74, 6) is 0. The van der Waals surface area contributed by atoms with Crippen molar-refractivity contribution < 1.29 is 0 Å². The van der Waals surface area contributed by atoms with E-state index in [2.05, 4.69) is 63.3 Å². The molecule has 0 bridgehead atoms. The predicted octanol–water partition coefficient (Wildman–Crippen LogP) is 3.78. The Morgan fingerprint density at radius 2 is 1.79 bits per heavy atom. The molecule has 0 saturated carbocycles. The van der Waals surface area contributed by atoms with Gasteiger partial charge in [0, 0.05) is 17.8 Å². The number of nitrogens with zero attached hydrogens (tertiary/aromatic N) is 1. The first-order valence-corrected chi connectivity index (χ1v) is 6.86. The van der Waals surface area contributed by atoms with Gasteiger partial charge in [0.15, 0.2) is 0 Å². The molecule has 0 saturated heterocycles. The first kappa shape index (κ1) is 13.8. The van der Waals surface area contributed by atoms with Gasteiger partial charge in [-0.3, -0.25) is 4.98 Å². The Bertz CT molecular complexity index is 573. The number of pyridine rings is 1. The summed E-state index contributed by atoms with van der Waals surface area (Å²) in [5, 5.41) is 3.34. The Hall–Kier alpha value is -1.67. The van der Waals surface area contributed by atoms with Crippen molar-refractivity contribution in [1.29, 1.82) is 0 Å². The summed E-state index contributed by atoms with van der Waals surface area (Å²) >= 11 is 0. The van der Waals surface area contributed by atoms with Crippen molar-refractivity contribution in [1.82, 2.24) is 10.3 Å². The highest BCUT2D eigenvalue weighted by Gasteiger charge is 2.04. The van der Waals surface area contributed by atoms with Crippen LogP contribution in [0, 0.1) is 20.8 Å². The number of rotatable bonds is 4. The molecule has 0 aliphatic rings. The van der Waals surface area contributed by atoms with Crippen LogP contribution in [-0.2, 0) is 6.54 Å². The molecular formula is C17H22N2. The smallest absolute Gasteiger partial charge is 0.0705 e. The molecule has 0 spiro atoms. The summed E-state index contributed by atoms with van der Waals surface area (Å²) in [4.78, 5) is 4.73. The van der Waals surface area contributed by atoms with Crippen molar-refractivity contribution in [2.45, 2.75) is 34.2 Å². The van der Waals surface area contributed by atoms with E-state index in [1.807, 2.05) is 0 Å². The molecule has 2 heteroatoms. The first-order valence-electron chi connectivity index (χ1n) is 6.86. The van der Waals surface area contributed by atoms with Gasteiger partial charge in [0.05, 0.1) is 5.69 Å². The van der Waals surface area contributed by atoms with E-state index in [-0.39, 0.29) is 0 Å². The zero-order chi connectivity index (χ0) is 13.8. The second kappa shape index (κ2) is 5.98. The van der Waals surface area contributed by atoms with Gasteiger partial charge in [-0.15, -0.1) is 0 Å². The average Bonchev–Trinajstić information content (AvgIpc) is 2.40. The largest absolute Gasteiger partial charge is 0.313 e. The molecule has 0 atom stereocenters. The maximum absolute atomic E-state index is 4.73. The highest BCUT2D eigenvalue weighted by Crippen LogP contribution is 2.21. The van der Waals surface area contributed by atoms with Gasteiger partial charge in [-0.25, -0.2) is 0 Å². The summed E-state index contributed by atoms with van der Waals surface area (Å²) in [6, 6.07) is 10.8. The van der Waals surface area contributed by atoms with Gasteiger partial charge in [0.25, 0.3) is 0 Å². The van der Waals surface area contributed by atoms with Gasteiger partial charge in [-0.1, -0.05) is 25.1 Å². The van der Waals surface area contributed by atoms with Crippen LogP contribution < -0.4 is 5.32 Å². The molecule has 0 aliphatic carbocycles. The van der Waals surface area contributed by atoms with E-state index in [1.54, 1.807) is 0 Å². The van der Waals surface area contributed by atoms with Crippen LogP contribution >= 0.6 is 0 Å². The summed E-state index contributed by atoms with van der Waals surface area (Å²) in [6.45, 7) is 10.4. The van der Waals surface area contributed by atoms with E-state index in [1.165, 1.54) is 22.3 Å². The zero-order valence-corrected chi connectivity index (χ0v) is 12.2. The molecule has 2 nitrogen and oxygen atoms in total. The fourth-order valence-corrected chi connectivity index (χ4v) is 2.10. The fraction of sp³-hybridized carbons (Fsp3) is 0.353. The molecule has 0 radical (unpaired) electrons. The topological polar surface area (TPSA) is 24.9 Å².